The maximum Gasteiger partial charge on any atom is 0.303 e. The number of aliphatic hydroxyl groups is 1. The van der Waals surface area contributed by atoms with Crippen molar-refractivity contribution < 1.29 is 48.0 Å². The second kappa shape index (κ2) is 10.3. The SMILES string of the molecule is CC(=O)O[C@H]([C@H](OC(C)=O)[C@H](C=O)OC(C)=O)[C@@H](CO)OC(C)=O. The minimum atomic E-state index is -1.64. The molecule has 0 aromatic heterocycles. The Kier molecular flexibility index (Phi) is 9.25. The van der Waals surface area contributed by atoms with Gasteiger partial charge in [0, 0.05) is 27.7 Å². The van der Waals surface area contributed by atoms with Crippen LogP contribution in [-0.2, 0) is 42.9 Å². The van der Waals surface area contributed by atoms with Gasteiger partial charge in [-0.3, -0.25) is 24.0 Å². The summed E-state index contributed by atoms with van der Waals surface area (Å²) in [5.74, 6) is -3.42. The van der Waals surface area contributed by atoms with Crippen LogP contribution in [0.3, 0.4) is 0 Å². The highest BCUT2D eigenvalue weighted by molar-refractivity contribution is 5.72. The zero-order valence-electron chi connectivity index (χ0n) is 13.7. The van der Waals surface area contributed by atoms with Crippen LogP contribution >= 0.6 is 0 Å². The van der Waals surface area contributed by atoms with Gasteiger partial charge in [0.1, 0.15) is 0 Å². The van der Waals surface area contributed by atoms with Crippen molar-refractivity contribution in [2.45, 2.75) is 52.1 Å². The lowest BCUT2D eigenvalue weighted by Gasteiger charge is -2.33. The molecule has 0 spiro atoms. The van der Waals surface area contributed by atoms with Crippen molar-refractivity contribution in [1.82, 2.24) is 0 Å². The first-order chi connectivity index (χ1) is 11.1. The van der Waals surface area contributed by atoms with E-state index in [1.807, 2.05) is 0 Å². The minimum absolute atomic E-state index is 0.160. The lowest BCUT2D eigenvalue weighted by atomic mass is 10.0. The van der Waals surface area contributed by atoms with Crippen molar-refractivity contribution in [3.05, 3.63) is 0 Å². The Morgan fingerprint density at radius 1 is 0.792 bits per heavy atom. The van der Waals surface area contributed by atoms with E-state index < -0.39 is 54.9 Å². The van der Waals surface area contributed by atoms with Gasteiger partial charge in [0.25, 0.3) is 0 Å². The number of hydrogen-bond donors (Lipinski definition) is 1. The minimum Gasteiger partial charge on any atom is -0.456 e. The normalized spacial score (nSPS) is 15.2. The summed E-state index contributed by atoms with van der Waals surface area (Å²) in [6.07, 6.45) is -6.12. The van der Waals surface area contributed by atoms with Gasteiger partial charge < -0.3 is 24.1 Å². The molecule has 0 saturated carbocycles. The molecule has 4 atom stereocenters. The lowest BCUT2D eigenvalue weighted by Crippen LogP contribution is -2.53. The molecule has 0 aromatic rings. The van der Waals surface area contributed by atoms with Crippen LogP contribution in [0.4, 0.5) is 0 Å². The molecule has 0 aliphatic heterocycles. The van der Waals surface area contributed by atoms with Crippen molar-refractivity contribution in [3.63, 3.8) is 0 Å². The summed E-state index contributed by atoms with van der Waals surface area (Å²) in [6.45, 7) is 3.27. The Morgan fingerprint density at radius 2 is 1.21 bits per heavy atom. The molecule has 0 amide bonds. The zero-order chi connectivity index (χ0) is 18.9. The standard InChI is InChI=1S/C14H20O10/c1-7(17)21-11(5-15)13(23-9(3)19)14(24-10(4)20)12(6-16)22-8(2)18/h5,11-14,16H,6H2,1-4H3/t11-,12+,13+,14-/m0/s1. The van der Waals surface area contributed by atoms with E-state index >= 15 is 0 Å². The number of hydrogen-bond acceptors (Lipinski definition) is 10. The van der Waals surface area contributed by atoms with E-state index in [1.54, 1.807) is 0 Å². The van der Waals surface area contributed by atoms with Gasteiger partial charge in [-0.1, -0.05) is 0 Å². The zero-order valence-corrected chi connectivity index (χ0v) is 13.7. The first kappa shape index (κ1) is 21.5. The smallest absolute Gasteiger partial charge is 0.303 e. The van der Waals surface area contributed by atoms with Gasteiger partial charge in [0.15, 0.2) is 30.7 Å². The Balaban J connectivity index is 5.79. The molecule has 136 valence electrons. The van der Waals surface area contributed by atoms with E-state index in [-0.39, 0.29) is 6.29 Å². The van der Waals surface area contributed by atoms with Gasteiger partial charge in [-0.05, 0) is 0 Å². The summed E-state index contributed by atoms with van der Waals surface area (Å²) >= 11 is 0. The molecule has 0 unspecified atom stereocenters. The van der Waals surface area contributed by atoms with Crippen LogP contribution in [0.2, 0.25) is 0 Å². The van der Waals surface area contributed by atoms with Gasteiger partial charge in [0.2, 0.25) is 0 Å². The summed E-state index contributed by atoms with van der Waals surface area (Å²) in [5.41, 5.74) is 0. The average Bonchev–Trinajstić information content (AvgIpc) is 2.45. The molecule has 10 nitrogen and oxygen atoms in total. The second-order valence-electron chi connectivity index (χ2n) is 4.69. The first-order valence-electron chi connectivity index (χ1n) is 6.87. The molecule has 0 bridgehead atoms. The maximum absolute atomic E-state index is 11.3. The van der Waals surface area contributed by atoms with Crippen LogP contribution in [-0.4, -0.2) is 66.3 Å². The van der Waals surface area contributed by atoms with Crippen molar-refractivity contribution in [3.8, 4) is 0 Å². The van der Waals surface area contributed by atoms with Crippen molar-refractivity contribution in [2.75, 3.05) is 6.61 Å². The third kappa shape index (κ3) is 7.68. The predicted octanol–water partition coefficient (Wildman–Crippen LogP) is -1.10. The third-order valence-corrected chi connectivity index (χ3v) is 2.55. The second-order valence-corrected chi connectivity index (χ2v) is 4.69. The summed E-state index contributed by atoms with van der Waals surface area (Å²) in [4.78, 5) is 56.0. The van der Waals surface area contributed by atoms with Crippen LogP contribution in [0.25, 0.3) is 0 Å². The van der Waals surface area contributed by atoms with Crippen LogP contribution in [0.5, 0.6) is 0 Å². The first-order valence-corrected chi connectivity index (χ1v) is 6.87. The molecule has 0 aromatic carbocycles. The Bertz CT molecular complexity index is 486. The van der Waals surface area contributed by atoms with Gasteiger partial charge in [0.05, 0.1) is 6.61 Å². The largest absolute Gasteiger partial charge is 0.456 e. The van der Waals surface area contributed by atoms with Crippen molar-refractivity contribution in [2.24, 2.45) is 0 Å². The van der Waals surface area contributed by atoms with E-state index in [1.165, 1.54) is 0 Å². The van der Waals surface area contributed by atoms with Crippen molar-refractivity contribution in [1.29, 1.82) is 0 Å². The van der Waals surface area contributed by atoms with Crippen LogP contribution in [0, 0.1) is 0 Å². The van der Waals surface area contributed by atoms with Gasteiger partial charge in [-0.15, -0.1) is 0 Å². The molecule has 0 rings (SSSR count). The fourth-order valence-electron chi connectivity index (χ4n) is 1.84. The third-order valence-electron chi connectivity index (χ3n) is 2.55. The molecule has 0 heterocycles. The molecule has 0 saturated heterocycles. The molecule has 10 heteroatoms. The fraction of sp³-hybridized carbons (Fsp3) is 0.643. The number of carbonyl (C=O) groups excluding carboxylic acids is 5. The summed E-state index contributed by atoms with van der Waals surface area (Å²) in [6, 6.07) is 0. The quantitative estimate of drug-likeness (QED) is 0.310. The monoisotopic (exact) mass is 348 g/mol. The Labute approximate surface area is 138 Å². The number of carbonyl (C=O) groups is 5. The van der Waals surface area contributed by atoms with Gasteiger partial charge in [-0.2, -0.15) is 0 Å². The molecular formula is C14H20O10. The van der Waals surface area contributed by atoms with Gasteiger partial charge in [-0.25, -0.2) is 0 Å². The van der Waals surface area contributed by atoms with E-state index in [2.05, 4.69) is 0 Å². The Morgan fingerprint density at radius 3 is 1.54 bits per heavy atom. The van der Waals surface area contributed by atoms with E-state index in [4.69, 9.17) is 18.9 Å². The average molecular weight is 348 g/mol. The van der Waals surface area contributed by atoms with Crippen LogP contribution in [0.1, 0.15) is 27.7 Å². The highest BCUT2D eigenvalue weighted by Crippen LogP contribution is 2.18. The number of rotatable bonds is 9. The predicted molar refractivity (Wildman–Crippen MR) is 75.4 cm³/mol. The lowest BCUT2D eigenvalue weighted by molar-refractivity contribution is -0.199. The summed E-state index contributed by atoms with van der Waals surface area (Å²) < 4.78 is 19.4. The Hall–Kier alpha value is -2.49. The molecule has 0 radical (unpaired) electrons. The van der Waals surface area contributed by atoms with E-state index in [0.29, 0.717) is 0 Å². The fourth-order valence-corrected chi connectivity index (χ4v) is 1.84. The molecule has 0 aliphatic rings. The number of ether oxygens (including phenoxy) is 4. The van der Waals surface area contributed by atoms with Crippen molar-refractivity contribution >= 4 is 30.2 Å². The summed E-state index contributed by atoms with van der Waals surface area (Å²) in [7, 11) is 0. The number of esters is 4. The van der Waals surface area contributed by atoms with Crippen LogP contribution in [0.15, 0.2) is 0 Å². The topological polar surface area (TPSA) is 142 Å². The molecule has 0 aliphatic carbocycles. The molecule has 24 heavy (non-hydrogen) atoms. The highest BCUT2D eigenvalue weighted by atomic mass is 16.6. The number of aliphatic hydroxyl groups excluding tert-OH is 1. The van der Waals surface area contributed by atoms with E-state index in [0.717, 1.165) is 27.7 Å². The maximum atomic E-state index is 11.3. The molecular weight excluding hydrogens is 328 g/mol. The van der Waals surface area contributed by atoms with Gasteiger partial charge >= 0.3 is 23.9 Å². The summed E-state index contributed by atoms with van der Waals surface area (Å²) in [5, 5.41) is 9.37. The van der Waals surface area contributed by atoms with Crippen LogP contribution < -0.4 is 0 Å². The highest BCUT2D eigenvalue weighted by Gasteiger charge is 2.43. The molecule has 0 fully saturated rings. The number of aldehydes is 1. The van der Waals surface area contributed by atoms with E-state index in [9.17, 15) is 29.1 Å². The molecule has 1 N–H and O–H groups in total.